The highest BCUT2D eigenvalue weighted by Gasteiger charge is 1.98. The molecule has 0 aliphatic carbocycles. The Kier molecular flexibility index (Phi) is 2.85. The van der Waals surface area contributed by atoms with Crippen molar-refractivity contribution in [2.24, 2.45) is 0 Å². The van der Waals surface area contributed by atoms with Crippen molar-refractivity contribution in [2.75, 3.05) is 5.73 Å². The number of anilines is 1. The highest BCUT2D eigenvalue weighted by Crippen LogP contribution is 2.03. The number of nitrogens with two attached hydrogens (primary N) is 1. The molecule has 0 aromatic carbocycles. The van der Waals surface area contributed by atoms with Crippen LogP contribution in [0.5, 0.6) is 0 Å². The number of rotatable bonds is 4. The summed E-state index contributed by atoms with van der Waals surface area (Å²) in [7, 11) is 0. The van der Waals surface area contributed by atoms with Crippen LogP contribution in [0.2, 0.25) is 0 Å². The molecule has 0 aliphatic rings. The molecule has 1 rings (SSSR count). The lowest BCUT2D eigenvalue weighted by Gasteiger charge is -1.94. The fourth-order valence-electron chi connectivity index (χ4n) is 1.03. The van der Waals surface area contributed by atoms with Gasteiger partial charge >= 0.3 is 0 Å². The maximum Gasteiger partial charge on any atom is 0.197 e. The lowest BCUT2D eigenvalue weighted by Crippen LogP contribution is -1.93. The molecule has 0 spiro atoms. The first-order chi connectivity index (χ1) is 5.68. The van der Waals surface area contributed by atoms with Crippen molar-refractivity contribution in [1.29, 1.82) is 0 Å². The van der Waals surface area contributed by atoms with Crippen molar-refractivity contribution in [3.05, 3.63) is 11.9 Å². The highest BCUT2D eigenvalue weighted by molar-refractivity contribution is 5.75. The van der Waals surface area contributed by atoms with Gasteiger partial charge in [-0.1, -0.05) is 0 Å². The summed E-state index contributed by atoms with van der Waals surface area (Å²) in [4.78, 5) is 17.3. The number of hydrogen-bond acceptors (Lipinski definition) is 3. The lowest BCUT2D eigenvalue weighted by atomic mass is 10.1. The van der Waals surface area contributed by atoms with Gasteiger partial charge in [0.15, 0.2) is 5.95 Å². The number of imidazole rings is 1. The Balaban J connectivity index is 2.29. The molecular formula is C8H13N3O. The molecule has 0 fully saturated rings. The number of nitrogens with zero attached hydrogens (tertiary/aromatic N) is 1. The van der Waals surface area contributed by atoms with E-state index in [1.807, 2.05) is 0 Å². The number of nitrogens with one attached hydrogen (secondary N) is 1. The summed E-state index contributed by atoms with van der Waals surface area (Å²) in [6, 6.07) is 0. The number of hydrogen-bond donors (Lipinski definition) is 2. The van der Waals surface area contributed by atoms with Gasteiger partial charge in [-0.05, 0) is 19.8 Å². The minimum absolute atomic E-state index is 0.225. The van der Waals surface area contributed by atoms with Gasteiger partial charge in [0.1, 0.15) is 5.78 Å². The van der Waals surface area contributed by atoms with Crippen molar-refractivity contribution in [3.8, 4) is 0 Å². The molecule has 0 radical (unpaired) electrons. The van der Waals surface area contributed by atoms with Crippen LogP contribution >= 0.6 is 0 Å². The van der Waals surface area contributed by atoms with Crippen LogP contribution in [0.25, 0.3) is 0 Å². The summed E-state index contributed by atoms with van der Waals surface area (Å²) in [6.45, 7) is 1.60. The van der Waals surface area contributed by atoms with E-state index in [9.17, 15) is 4.79 Å². The fourth-order valence-corrected chi connectivity index (χ4v) is 1.03. The summed E-state index contributed by atoms with van der Waals surface area (Å²) < 4.78 is 0. The normalized spacial score (nSPS) is 10.1. The molecule has 0 unspecified atom stereocenters. The van der Waals surface area contributed by atoms with E-state index in [4.69, 9.17) is 5.73 Å². The monoisotopic (exact) mass is 167 g/mol. The van der Waals surface area contributed by atoms with E-state index in [2.05, 4.69) is 9.97 Å². The number of ketones is 1. The van der Waals surface area contributed by atoms with Crippen molar-refractivity contribution < 1.29 is 4.79 Å². The molecule has 1 aromatic heterocycles. The maximum absolute atomic E-state index is 10.6. The largest absolute Gasteiger partial charge is 0.369 e. The fraction of sp³-hybridized carbons (Fsp3) is 0.500. The summed E-state index contributed by atoms with van der Waals surface area (Å²) in [5.41, 5.74) is 6.37. The van der Waals surface area contributed by atoms with E-state index in [-0.39, 0.29) is 5.78 Å². The number of aromatic nitrogens is 2. The molecule has 1 heterocycles. The summed E-state index contributed by atoms with van der Waals surface area (Å²) in [6.07, 6.45) is 4.02. The van der Waals surface area contributed by atoms with Crippen molar-refractivity contribution >= 4 is 11.7 Å². The zero-order valence-electron chi connectivity index (χ0n) is 7.13. The molecule has 4 heteroatoms. The maximum atomic E-state index is 10.6. The van der Waals surface area contributed by atoms with Crippen molar-refractivity contribution in [2.45, 2.75) is 26.2 Å². The average Bonchev–Trinajstić information content (AvgIpc) is 2.35. The molecule has 0 atom stereocenters. The smallest absolute Gasteiger partial charge is 0.197 e. The SMILES string of the molecule is CC(=O)CCCc1cnc(N)[nH]1. The van der Waals surface area contributed by atoms with E-state index in [0.717, 1.165) is 18.5 Å². The zero-order chi connectivity index (χ0) is 8.97. The second-order valence-corrected chi connectivity index (χ2v) is 2.85. The van der Waals surface area contributed by atoms with Crippen LogP contribution in [-0.2, 0) is 11.2 Å². The second kappa shape index (κ2) is 3.90. The first kappa shape index (κ1) is 8.77. The Bertz CT molecular complexity index is 267. The number of aryl methyl sites for hydroxylation is 1. The molecule has 0 saturated carbocycles. The van der Waals surface area contributed by atoms with Crippen LogP contribution in [0, 0.1) is 0 Å². The van der Waals surface area contributed by atoms with Crippen LogP contribution in [0.1, 0.15) is 25.5 Å². The number of H-pyrrole nitrogens is 1. The number of carbonyl (C=O) groups excluding carboxylic acids is 1. The second-order valence-electron chi connectivity index (χ2n) is 2.85. The highest BCUT2D eigenvalue weighted by atomic mass is 16.1. The van der Waals surface area contributed by atoms with E-state index in [1.165, 1.54) is 0 Å². The minimum atomic E-state index is 0.225. The molecule has 4 nitrogen and oxygen atoms in total. The quantitative estimate of drug-likeness (QED) is 0.700. The van der Waals surface area contributed by atoms with E-state index in [1.54, 1.807) is 13.1 Å². The number of nitrogen functional groups attached to an aromatic ring is 1. The van der Waals surface area contributed by atoms with Gasteiger partial charge in [-0.3, -0.25) is 0 Å². The number of Topliss-reactive ketones (excluding diaryl/α,β-unsaturated/α-hetero) is 1. The predicted molar refractivity (Wildman–Crippen MR) is 46.6 cm³/mol. The van der Waals surface area contributed by atoms with Crippen LogP contribution in [0.3, 0.4) is 0 Å². The Labute approximate surface area is 71.2 Å². The molecule has 1 aromatic rings. The molecule has 3 N–H and O–H groups in total. The molecular weight excluding hydrogens is 154 g/mol. The van der Waals surface area contributed by atoms with Gasteiger partial charge in [-0.15, -0.1) is 0 Å². The van der Waals surface area contributed by atoms with Crippen LogP contribution in [0.15, 0.2) is 6.20 Å². The lowest BCUT2D eigenvalue weighted by molar-refractivity contribution is -0.117. The van der Waals surface area contributed by atoms with Crippen LogP contribution in [-0.4, -0.2) is 15.8 Å². The minimum Gasteiger partial charge on any atom is -0.369 e. The first-order valence-corrected chi connectivity index (χ1v) is 3.97. The summed E-state index contributed by atoms with van der Waals surface area (Å²) in [5.74, 6) is 0.662. The van der Waals surface area contributed by atoms with Gasteiger partial charge in [0, 0.05) is 12.1 Å². The van der Waals surface area contributed by atoms with Crippen molar-refractivity contribution in [3.63, 3.8) is 0 Å². The molecule has 0 saturated heterocycles. The average molecular weight is 167 g/mol. The third kappa shape index (κ3) is 2.74. The Morgan fingerprint density at radius 3 is 3.00 bits per heavy atom. The van der Waals surface area contributed by atoms with Gasteiger partial charge in [0.05, 0.1) is 6.20 Å². The van der Waals surface area contributed by atoms with Gasteiger partial charge in [0.25, 0.3) is 0 Å². The topological polar surface area (TPSA) is 71.8 Å². The molecule has 0 aliphatic heterocycles. The first-order valence-electron chi connectivity index (χ1n) is 3.97. The number of carbonyl (C=O) groups is 1. The van der Waals surface area contributed by atoms with E-state index >= 15 is 0 Å². The predicted octanol–water partition coefficient (Wildman–Crippen LogP) is 0.904. The van der Waals surface area contributed by atoms with Crippen molar-refractivity contribution in [1.82, 2.24) is 9.97 Å². The van der Waals surface area contributed by atoms with Gasteiger partial charge in [-0.2, -0.15) is 0 Å². The van der Waals surface area contributed by atoms with Gasteiger partial charge in [-0.25, -0.2) is 4.98 Å². The summed E-state index contributed by atoms with van der Waals surface area (Å²) >= 11 is 0. The van der Waals surface area contributed by atoms with Gasteiger partial charge < -0.3 is 15.5 Å². The molecule has 0 bridgehead atoms. The Morgan fingerprint density at radius 1 is 1.75 bits per heavy atom. The van der Waals surface area contributed by atoms with Gasteiger partial charge in [0.2, 0.25) is 0 Å². The van der Waals surface area contributed by atoms with Crippen LogP contribution < -0.4 is 5.73 Å². The Morgan fingerprint density at radius 2 is 2.50 bits per heavy atom. The number of aromatic amines is 1. The molecule has 66 valence electrons. The third-order valence-electron chi connectivity index (χ3n) is 1.62. The zero-order valence-corrected chi connectivity index (χ0v) is 7.13. The molecule has 12 heavy (non-hydrogen) atoms. The van der Waals surface area contributed by atoms with Crippen LogP contribution in [0.4, 0.5) is 5.95 Å². The van der Waals surface area contributed by atoms with E-state index in [0.29, 0.717) is 12.4 Å². The van der Waals surface area contributed by atoms with E-state index < -0.39 is 0 Å². The third-order valence-corrected chi connectivity index (χ3v) is 1.62. The standard InChI is InChI=1S/C8H13N3O/c1-6(12)3-2-4-7-5-10-8(9)11-7/h5H,2-4H2,1H3,(H3,9,10,11). The summed E-state index contributed by atoms with van der Waals surface area (Å²) in [5, 5.41) is 0. The Hall–Kier alpha value is -1.32. The molecule has 0 amide bonds.